The molecule has 1 N–H and O–H groups in total. The Morgan fingerprint density at radius 3 is 2.80 bits per heavy atom. The molecule has 1 aromatic carbocycles. The van der Waals surface area contributed by atoms with Gasteiger partial charge in [-0.1, -0.05) is 13.0 Å². The summed E-state index contributed by atoms with van der Waals surface area (Å²) < 4.78 is 6.46. The molecule has 2 heterocycles. The summed E-state index contributed by atoms with van der Waals surface area (Å²) in [5, 5.41) is 14.2. The van der Waals surface area contributed by atoms with E-state index in [0.717, 1.165) is 11.3 Å². The van der Waals surface area contributed by atoms with Crippen LogP contribution in [0.25, 0.3) is 10.2 Å². The first-order chi connectivity index (χ1) is 14.3. The van der Waals surface area contributed by atoms with Gasteiger partial charge in [-0.05, 0) is 25.0 Å². The molecule has 0 saturated carbocycles. The summed E-state index contributed by atoms with van der Waals surface area (Å²) in [7, 11) is 1.55. The molecule has 0 atom stereocenters. The van der Waals surface area contributed by atoms with Gasteiger partial charge in [0.2, 0.25) is 5.91 Å². The highest BCUT2D eigenvalue weighted by molar-refractivity contribution is 7.18. The minimum atomic E-state index is -0.526. The quantitative estimate of drug-likeness (QED) is 0.434. The Bertz CT molecular complexity index is 1170. The number of ether oxygens (including phenoxy) is 1. The molecule has 0 aliphatic heterocycles. The zero-order valence-electron chi connectivity index (χ0n) is 16.9. The van der Waals surface area contributed by atoms with Gasteiger partial charge in [0.15, 0.2) is 0 Å². The molecule has 0 spiro atoms. The average molecular weight is 430 g/mol. The number of aryl methyl sites for hydroxylation is 2. The predicted octanol–water partition coefficient (Wildman–Crippen LogP) is 3.06. The molecule has 0 radical (unpaired) electrons. The highest BCUT2D eigenvalue weighted by Gasteiger charge is 2.17. The second-order valence-corrected chi connectivity index (χ2v) is 7.87. The number of thiophene rings is 1. The van der Waals surface area contributed by atoms with E-state index in [4.69, 9.17) is 4.74 Å². The third-order valence-electron chi connectivity index (χ3n) is 4.67. The fourth-order valence-electron chi connectivity index (χ4n) is 3.02. The molecular weight excluding hydrogens is 408 g/mol. The van der Waals surface area contributed by atoms with Gasteiger partial charge in [0.05, 0.1) is 22.6 Å². The highest BCUT2D eigenvalue weighted by Crippen LogP contribution is 2.23. The van der Waals surface area contributed by atoms with Gasteiger partial charge in [-0.25, -0.2) is 4.98 Å². The molecule has 0 unspecified atom stereocenters. The molecule has 0 aliphatic rings. The van der Waals surface area contributed by atoms with E-state index < -0.39 is 10.8 Å². The monoisotopic (exact) mass is 430 g/mol. The Kier molecular flexibility index (Phi) is 6.58. The maximum absolute atomic E-state index is 13.1. The highest BCUT2D eigenvalue weighted by atomic mass is 32.1. The molecule has 10 heteroatoms. The third-order valence-corrected chi connectivity index (χ3v) is 5.84. The maximum Gasteiger partial charge on any atom is 0.271 e. The molecular formula is C20H22N4O5S. The summed E-state index contributed by atoms with van der Waals surface area (Å²) >= 11 is 1.47. The lowest BCUT2D eigenvalue weighted by Gasteiger charge is -2.13. The topological polar surface area (TPSA) is 116 Å². The zero-order valence-corrected chi connectivity index (χ0v) is 17.7. The standard InChI is InChI=1S/C20H22N4O5S/c1-4-14-10-15-19(30-14)22-17(7-8-29-3)23(20(15)26)11-18(25)21-16-9-13(24(27)28)6-5-12(16)2/h5-6,9-10H,4,7-8,11H2,1-3H3,(H,21,25). The van der Waals surface area contributed by atoms with Crippen LogP contribution in [0.2, 0.25) is 0 Å². The lowest BCUT2D eigenvalue weighted by atomic mass is 10.2. The number of non-ortho nitro benzene ring substituents is 1. The van der Waals surface area contributed by atoms with Gasteiger partial charge in [0.1, 0.15) is 17.2 Å². The number of carbonyl (C=O) groups is 1. The van der Waals surface area contributed by atoms with Crippen LogP contribution in [0.4, 0.5) is 11.4 Å². The number of nitrogens with one attached hydrogen (secondary N) is 1. The maximum atomic E-state index is 13.1. The second kappa shape index (κ2) is 9.14. The molecule has 0 aliphatic carbocycles. The summed E-state index contributed by atoms with van der Waals surface area (Å²) in [6.45, 7) is 3.85. The molecule has 9 nitrogen and oxygen atoms in total. The Morgan fingerprint density at radius 2 is 2.13 bits per heavy atom. The largest absolute Gasteiger partial charge is 0.384 e. The summed E-state index contributed by atoms with van der Waals surface area (Å²) in [5.41, 5.74) is 0.605. The number of benzene rings is 1. The van der Waals surface area contributed by atoms with Crippen molar-refractivity contribution in [2.24, 2.45) is 0 Å². The van der Waals surface area contributed by atoms with Gasteiger partial charge < -0.3 is 10.1 Å². The third kappa shape index (κ3) is 4.55. The first-order valence-electron chi connectivity index (χ1n) is 9.40. The van der Waals surface area contributed by atoms with E-state index >= 15 is 0 Å². The molecule has 158 valence electrons. The van der Waals surface area contributed by atoms with Crippen LogP contribution in [0.5, 0.6) is 0 Å². The Balaban J connectivity index is 1.94. The minimum absolute atomic E-state index is 0.123. The lowest BCUT2D eigenvalue weighted by molar-refractivity contribution is -0.384. The minimum Gasteiger partial charge on any atom is -0.384 e. The van der Waals surface area contributed by atoms with Crippen molar-refractivity contribution in [1.29, 1.82) is 0 Å². The van der Waals surface area contributed by atoms with Gasteiger partial charge in [0, 0.05) is 30.5 Å². The summed E-state index contributed by atoms with van der Waals surface area (Å²) in [6, 6.07) is 6.05. The molecule has 30 heavy (non-hydrogen) atoms. The van der Waals surface area contributed by atoms with Crippen LogP contribution in [-0.2, 0) is 28.9 Å². The van der Waals surface area contributed by atoms with Crippen molar-refractivity contribution in [3.05, 3.63) is 61.0 Å². The summed E-state index contributed by atoms with van der Waals surface area (Å²) in [4.78, 5) is 42.5. The van der Waals surface area contributed by atoms with Crippen molar-refractivity contribution in [2.75, 3.05) is 19.0 Å². The predicted molar refractivity (Wildman–Crippen MR) is 115 cm³/mol. The van der Waals surface area contributed by atoms with Gasteiger partial charge in [0.25, 0.3) is 11.2 Å². The number of rotatable bonds is 8. The van der Waals surface area contributed by atoms with Crippen LogP contribution < -0.4 is 10.9 Å². The van der Waals surface area contributed by atoms with E-state index in [1.54, 1.807) is 20.1 Å². The summed E-state index contributed by atoms with van der Waals surface area (Å²) in [5.74, 6) is -0.00349. The van der Waals surface area contributed by atoms with Crippen molar-refractivity contribution >= 4 is 38.8 Å². The molecule has 0 fully saturated rings. The number of nitro groups is 1. The average Bonchev–Trinajstić information content (AvgIpc) is 3.13. The van der Waals surface area contributed by atoms with Crippen LogP contribution in [0, 0.1) is 17.0 Å². The number of amides is 1. The second-order valence-electron chi connectivity index (χ2n) is 6.75. The van der Waals surface area contributed by atoms with Gasteiger partial charge >= 0.3 is 0 Å². The Morgan fingerprint density at radius 1 is 1.37 bits per heavy atom. The van der Waals surface area contributed by atoms with E-state index in [9.17, 15) is 19.7 Å². The first-order valence-corrected chi connectivity index (χ1v) is 10.2. The fourth-order valence-corrected chi connectivity index (χ4v) is 4.00. The first kappa shape index (κ1) is 21.6. The van der Waals surface area contributed by atoms with Crippen LogP contribution in [0.1, 0.15) is 23.2 Å². The number of anilines is 1. The number of methoxy groups -OCH3 is 1. The van der Waals surface area contributed by atoms with Gasteiger partial charge in [-0.15, -0.1) is 11.3 Å². The van der Waals surface area contributed by atoms with E-state index in [-0.39, 0.29) is 17.8 Å². The number of aromatic nitrogens is 2. The van der Waals surface area contributed by atoms with Gasteiger partial charge in [-0.2, -0.15) is 0 Å². The van der Waals surface area contributed by atoms with Crippen LogP contribution in [-0.4, -0.2) is 34.1 Å². The number of nitro benzene ring substituents is 1. The van der Waals surface area contributed by atoms with Crippen molar-refractivity contribution < 1.29 is 14.5 Å². The van der Waals surface area contributed by atoms with Crippen LogP contribution >= 0.6 is 11.3 Å². The van der Waals surface area contributed by atoms with E-state index in [1.807, 2.05) is 13.0 Å². The molecule has 2 aromatic heterocycles. The fraction of sp³-hybridized carbons (Fsp3) is 0.350. The number of carbonyl (C=O) groups excluding carboxylic acids is 1. The van der Waals surface area contributed by atoms with Crippen molar-refractivity contribution in [1.82, 2.24) is 9.55 Å². The Labute approximate surface area is 176 Å². The smallest absolute Gasteiger partial charge is 0.271 e. The van der Waals surface area contributed by atoms with E-state index in [1.165, 1.54) is 28.0 Å². The van der Waals surface area contributed by atoms with Crippen LogP contribution in [0.15, 0.2) is 29.1 Å². The molecule has 0 saturated heterocycles. The van der Waals surface area contributed by atoms with Gasteiger partial charge in [-0.3, -0.25) is 24.3 Å². The number of hydrogen-bond donors (Lipinski definition) is 1. The molecule has 0 bridgehead atoms. The van der Waals surface area contributed by atoms with Crippen molar-refractivity contribution in [2.45, 2.75) is 33.2 Å². The lowest BCUT2D eigenvalue weighted by Crippen LogP contribution is -2.31. The zero-order chi connectivity index (χ0) is 21.8. The molecule has 1 amide bonds. The molecule has 3 rings (SSSR count). The van der Waals surface area contributed by atoms with E-state index in [2.05, 4.69) is 10.3 Å². The number of hydrogen-bond acceptors (Lipinski definition) is 7. The number of fused-ring (bicyclic) bond motifs is 1. The van der Waals surface area contributed by atoms with Crippen LogP contribution in [0.3, 0.4) is 0 Å². The normalized spacial score (nSPS) is 11.0. The molecule has 3 aromatic rings. The Hall–Kier alpha value is -3.11. The van der Waals surface area contributed by atoms with Crippen molar-refractivity contribution in [3.63, 3.8) is 0 Å². The summed E-state index contributed by atoms with van der Waals surface area (Å²) in [6.07, 6.45) is 1.17. The van der Waals surface area contributed by atoms with E-state index in [0.29, 0.717) is 40.3 Å². The SMILES string of the molecule is CCc1cc2c(=O)n(CC(=O)Nc3cc([N+](=O)[O-])ccc3C)c(CCOC)nc2s1. The number of nitrogens with zero attached hydrogens (tertiary/aromatic N) is 3. The van der Waals surface area contributed by atoms with Crippen molar-refractivity contribution in [3.8, 4) is 0 Å².